The zero-order valence-electron chi connectivity index (χ0n) is 6.18. The van der Waals surface area contributed by atoms with E-state index in [4.69, 9.17) is 0 Å². The first-order valence-electron chi connectivity index (χ1n) is 2.97. The Balaban J connectivity index is 2.39. The molecule has 50 valence electrons. The average Bonchev–Trinajstić information content (AvgIpc) is 2.44. The number of hydrogen-bond donors (Lipinski definition) is 0. The van der Waals surface area contributed by atoms with Crippen molar-refractivity contribution in [2.45, 2.75) is 6.92 Å². The molecule has 0 fully saturated rings. The van der Waals surface area contributed by atoms with Gasteiger partial charge in [0.15, 0.2) is 0 Å². The van der Waals surface area contributed by atoms with Crippen LogP contribution in [0.5, 0.6) is 0 Å². The topological polar surface area (TPSA) is 6.25 Å². The third-order valence-corrected chi connectivity index (χ3v) is 1.42. The lowest BCUT2D eigenvalue weighted by atomic mass is 10.6. The van der Waals surface area contributed by atoms with Crippen molar-refractivity contribution >= 4 is 0 Å². The molecule has 1 heterocycles. The lowest BCUT2D eigenvalue weighted by molar-refractivity contribution is 0.418. The van der Waals surface area contributed by atoms with E-state index in [9.17, 15) is 0 Å². The van der Waals surface area contributed by atoms with Gasteiger partial charge in [0.05, 0.1) is 0 Å². The van der Waals surface area contributed by atoms with Crippen LogP contribution in [0.4, 0.5) is 0 Å². The molecule has 1 aliphatic heterocycles. The zero-order valence-corrected chi connectivity index (χ0v) is 6.18. The van der Waals surface area contributed by atoms with Gasteiger partial charge in [0.25, 0.3) is 0 Å². The minimum atomic E-state index is 1.03. The number of nitrogens with zero attached hydrogens (tertiary/aromatic N) is 2. The normalized spacial score (nSPS) is 15.0. The van der Waals surface area contributed by atoms with Crippen LogP contribution in [-0.2, 0) is 0 Å². The van der Waals surface area contributed by atoms with Crippen LogP contribution < -0.4 is 0 Å². The van der Waals surface area contributed by atoms with Crippen LogP contribution in [0.15, 0.2) is 24.3 Å². The average molecular weight is 124 g/mol. The van der Waals surface area contributed by atoms with Gasteiger partial charge in [-0.25, -0.2) is 0 Å². The van der Waals surface area contributed by atoms with E-state index in [-0.39, 0.29) is 0 Å². The summed E-state index contributed by atoms with van der Waals surface area (Å²) >= 11 is 0. The van der Waals surface area contributed by atoms with Crippen LogP contribution in [0.3, 0.4) is 0 Å². The lowest BCUT2D eigenvalue weighted by Gasteiger charge is -2.17. The summed E-state index contributed by atoms with van der Waals surface area (Å²) in [6.45, 7) is 5.93. The van der Waals surface area contributed by atoms with E-state index in [1.54, 1.807) is 0 Å². The van der Waals surface area contributed by atoms with Crippen molar-refractivity contribution in [3.05, 3.63) is 24.3 Å². The van der Waals surface area contributed by atoms with Gasteiger partial charge in [-0.2, -0.15) is 0 Å². The largest absolute Gasteiger partial charge is 0.364 e. The molecule has 0 aromatic heterocycles. The Morgan fingerprint density at radius 1 is 1.67 bits per heavy atom. The first-order chi connectivity index (χ1) is 4.13. The van der Waals surface area contributed by atoms with Crippen molar-refractivity contribution in [1.29, 1.82) is 0 Å². The monoisotopic (exact) mass is 124 g/mol. The van der Waals surface area contributed by atoms with Crippen LogP contribution in [-0.4, -0.2) is 23.9 Å². The molecule has 0 bridgehead atoms. The van der Waals surface area contributed by atoms with Crippen molar-refractivity contribution in [2.24, 2.45) is 0 Å². The molecule has 0 aromatic rings. The predicted octanol–water partition coefficient (Wildman–Crippen LogP) is 1.20. The van der Waals surface area contributed by atoms with Crippen molar-refractivity contribution in [3.63, 3.8) is 0 Å². The Hall–Kier alpha value is -0.920. The summed E-state index contributed by atoms with van der Waals surface area (Å²) in [5.74, 6) is 1.03. The van der Waals surface area contributed by atoms with E-state index in [2.05, 4.69) is 24.6 Å². The van der Waals surface area contributed by atoms with Gasteiger partial charge in [-0.05, 0) is 6.92 Å². The second-order valence-electron chi connectivity index (χ2n) is 2.45. The molecule has 2 nitrogen and oxygen atoms in total. The van der Waals surface area contributed by atoms with Crippen molar-refractivity contribution in [3.8, 4) is 0 Å². The van der Waals surface area contributed by atoms with E-state index in [0.29, 0.717) is 0 Å². The molecular weight excluding hydrogens is 112 g/mol. The first-order valence-corrected chi connectivity index (χ1v) is 2.97. The molecule has 0 atom stereocenters. The van der Waals surface area contributed by atoms with Gasteiger partial charge in [0.1, 0.15) is 5.82 Å². The lowest BCUT2D eigenvalue weighted by Crippen LogP contribution is -2.16. The Morgan fingerprint density at radius 2 is 2.11 bits per heavy atom. The summed E-state index contributed by atoms with van der Waals surface area (Å²) in [4.78, 5) is 4.05. The van der Waals surface area contributed by atoms with Crippen LogP contribution >= 0.6 is 0 Å². The maximum absolute atomic E-state index is 3.87. The highest BCUT2D eigenvalue weighted by atomic mass is 15.4. The molecule has 2 heteroatoms. The van der Waals surface area contributed by atoms with Crippen molar-refractivity contribution in [1.82, 2.24) is 9.80 Å². The van der Waals surface area contributed by atoms with Gasteiger partial charge in [0.2, 0.25) is 0 Å². The molecule has 0 amide bonds. The summed E-state index contributed by atoms with van der Waals surface area (Å²) < 4.78 is 0. The molecule has 0 saturated heterocycles. The fourth-order valence-corrected chi connectivity index (χ4v) is 0.652. The third kappa shape index (κ3) is 1.07. The first kappa shape index (κ1) is 6.20. The standard InChI is InChI=1S/C7H12N2/c1-6-5-9(6)7(2)8(3)4/h5H,2H2,1,3-4H3. The van der Waals surface area contributed by atoms with Crippen molar-refractivity contribution in [2.75, 3.05) is 14.1 Å². The Labute approximate surface area is 56.1 Å². The van der Waals surface area contributed by atoms with Gasteiger partial charge >= 0.3 is 0 Å². The maximum Gasteiger partial charge on any atom is 0.104 e. The zero-order chi connectivity index (χ0) is 7.02. The summed E-state index contributed by atoms with van der Waals surface area (Å²) in [7, 11) is 3.98. The van der Waals surface area contributed by atoms with Crippen LogP contribution in [0.25, 0.3) is 0 Å². The highest BCUT2D eigenvalue weighted by molar-refractivity contribution is 5.24. The van der Waals surface area contributed by atoms with Gasteiger partial charge < -0.3 is 9.80 Å². The molecule has 1 aliphatic rings. The maximum atomic E-state index is 3.87. The third-order valence-electron chi connectivity index (χ3n) is 1.42. The molecule has 0 aromatic carbocycles. The van der Waals surface area contributed by atoms with E-state index in [1.807, 2.05) is 19.0 Å². The summed E-state index contributed by atoms with van der Waals surface area (Å²) in [6.07, 6.45) is 2.06. The van der Waals surface area contributed by atoms with E-state index in [1.165, 1.54) is 5.70 Å². The SMILES string of the molecule is C=C(N(C)C)N1C=C1C. The summed E-state index contributed by atoms with van der Waals surface area (Å²) in [5.41, 5.74) is 1.29. The minimum absolute atomic E-state index is 1.03. The van der Waals surface area contributed by atoms with Crippen LogP contribution in [0.1, 0.15) is 6.92 Å². The molecule has 1 rings (SSSR count). The highest BCUT2D eigenvalue weighted by Crippen LogP contribution is 2.25. The molecule has 0 unspecified atom stereocenters. The Kier molecular flexibility index (Phi) is 1.24. The smallest absolute Gasteiger partial charge is 0.104 e. The second kappa shape index (κ2) is 1.79. The number of rotatable bonds is 2. The molecule has 0 spiro atoms. The molecule has 0 N–H and O–H groups in total. The molecule has 0 radical (unpaired) electrons. The summed E-state index contributed by atoms with van der Waals surface area (Å²) in [5, 5.41) is 0. The molecule has 0 aliphatic carbocycles. The van der Waals surface area contributed by atoms with Gasteiger partial charge in [-0.1, -0.05) is 6.58 Å². The summed E-state index contributed by atoms with van der Waals surface area (Å²) in [6, 6.07) is 0. The van der Waals surface area contributed by atoms with E-state index in [0.717, 1.165) is 5.82 Å². The Bertz CT molecular complexity index is 168. The van der Waals surface area contributed by atoms with Gasteiger partial charge in [0, 0.05) is 26.0 Å². The molecular formula is C7H12N2. The Morgan fingerprint density at radius 3 is 2.22 bits per heavy atom. The van der Waals surface area contributed by atoms with Gasteiger partial charge in [-0.15, -0.1) is 0 Å². The quantitative estimate of drug-likeness (QED) is 0.545. The predicted molar refractivity (Wildman–Crippen MR) is 38.4 cm³/mol. The number of allylic oxidation sites excluding steroid dienone is 1. The fourth-order valence-electron chi connectivity index (χ4n) is 0.652. The minimum Gasteiger partial charge on any atom is -0.364 e. The highest BCUT2D eigenvalue weighted by Gasteiger charge is 2.18. The number of hydrogen-bond acceptors (Lipinski definition) is 2. The van der Waals surface area contributed by atoms with E-state index >= 15 is 0 Å². The van der Waals surface area contributed by atoms with Crippen molar-refractivity contribution < 1.29 is 0 Å². The molecule has 0 saturated carbocycles. The van der Waals surface area contributed by atoms with Gasteiger partial charge in [-0.3, -0.25) is 0 Å². The van der Waals surface area contributed by atoms with Crippen LogP contribution in [0.2, 0.25) is 0 Å². The second-order valence-corrected chi connectivity index (χ2v) is 2.45. The molecule has 9 heavy (non-hydrogen) atoms. The fraction of sp³-hybridized carbons (Fsp3) is 0.429. The van der Waals surface area contributed by atoms with Crippen LogP contribution in [0, 0.1) is 0 Å². The van der Waals surface area contributed by atoms with E-state index < -0.39 is 0 Å².